The van der Waals surface area contributed by atoms with Crippen LogP contribution in [0.3, 0.4) is 0 Å². The number of nitrogens with zero attached hydrogens (tertiary/aromatic N) is 3. The molecule has 0 aliphatic rings. The first-order valence-corrected chi connectivity index (χ1v) is 7.25. The maximum absolute atomic E-state index is 10.8. The Balaban J connectivity index is 2.36. The second-order valence-electron chi connectivity index (χ2n) is 4.66. The number of nitro groups is 1. The summed E-state index contributed by atoms with van der Waals surface area (Å²) in [5, 5.41) is 11.8. The van der Waals surface area contributed by atoms with Crippen LogP contribution in [0.25, 0.3) is 0 Å². The number of rotatable bonds is 5. The molecule has 105 valence electrons. The number of aryl methyl sites for hydroxylation is 1. The highest BCUT2D eigenvalue weighted by molar-refractivity contribution is 7.99. The van der Waals surface area contributed by atoms with E-state index in [1.165, 1.54) is 17.8 Å². The van der Waals surface area contributed by atoms with E-state index < -0.39 is 0 Å². The van der Waals surface area contributed by atoms with Gasteiger partial charge in [-0.3, -0.25) is 10.1 Å². The lowest BCUT2D eigenvalue weighted by molar-refractivity contribution is -0.385. The Bertz CT molecular complexity index is 623. The van der Waals surface area contributed by atoms with Gasteiger partial charge < -0.3 is 4.57 Å². The highest BCUT2D eigenvalue weighted by Crippen LogP contribution is 2.34. The van der Waals surface area contributed by atoms with Crippen molar-refractivity contribution in [1.82, 2.24) is 9.55 Å². The summed E-state index contributed by atoms with van der Waals surface area (Å²) in [4.78, 5) is 15.6. The van der Waals surface area contributed by atoms with Gasteiger partial charge in [0.15, 0.2) is 6.33 Å². The highest BCUT2D eigenvalue weighted by atomic mass is 32.2. The fraction of sp³-hybridized carbons (Fsp3) is 0.357. The van der Waals surface area contributed by atoms with Gasteiger partial charge in [-0.15, -0.1) is 0 Å². The largest absolute Gasteiger partial charge is 0.316 e. The zero-order chi connectivity index (χ0) is 14.7. The first-order chi connectivity index (χ1) is 9.52. The lowest BCUT2D eigenvalue weighted by atomic mass is 10.2. The summed E-state index contributed by atoms with van der Waals surface area (Å²) >= 11 is 1.50. The van der Waals surface area contributed by atoms with E-state index in [-0.39, 0.29) is 10.6 Å². The molecule has 0 spiro atoms. The molecule has 20 heavy (non-hydrogen) atoms. The van der Waals surface area contributed by atoms with Crippen molar-refractivity contribution in [1.29, 1.82) is 0 Å². The van der Waals surface area contributed by atoms with Crippen LogP contribution < -0.4 is 0 Å². The third-order valence-corrected chi connectivity index (χ3v) is 3.97. The molecule has 2 rings (SSSR count). The van der Waals surface area contributed by atoms with Gasteiger partial charge in [0, 0.05) is 23.6 Å². The Morgan fingerprint density at radius 1 is 1.50 bits per heavy atom. The van der Waals surface area contributed by atoms with Gasteiger partial charge in [-0.25, -0.2) is 4.98 Å². The normalized spacial score (nSPS) is 11.0. The predicted molar refractivity (Wildman–Crippen MR) is 78.0 cm³/mol. The Morgan fingerprint density at radius 2 is 2.25 bits per heavy atom. The molecule has 1 radical (unpaired) electrons. The third-order valence-electron chi connectivity index (χ3n) is 2.86. The van der Waals surface area contributed by atoms with Crippen LogP contribution in [0.1, 0.15) is 32.4 Å². The van der Waals surface area contributed by atoms with Crippen molar-refractivity contribution in [2.45, 2.75) is 43.2 Å². The van der Waals surface area contributed by atoms with Gasteiger partial charge in [-0.05, 0) is 18.9 Å². The van der Waals surface area contributed by atoms with Crippen LogP contribution in [0, 0.1) is 16.4 Å². The van der Waals surface area contributed by atoms with E-state index in [1.54, 1.807) is 12.1 Å². The molecule has 6 heteroatoms. The average molecular weight is 290 g/mol. The summed E-state index contributed by atoms with van der Waals surface area (Å²) in [7, 11) is 0. The van der Waals surface area contributed by atoms with Crippen molar-refractivity contribution in [3.05, 3.63) is 46.4 Å². The molecule has 1 aromatic heterocycles. The maximum atomic E-state index is 10.8. The lowest BCUT2D eigenvalue weighted by Gasteiger charge is -2.09. The van der Waals surface area contributed by atoms with Crippen LogP contribution in [-0.4, -0.2) is 14.5 Å². The van der Waals surface area contributed by atoms with Gasteiger partial charge in [-0.2, -0.15) is 0 Å². The lowest BCUT2D eigenvalue weighted by Crippen LogP contribution is -1.97. The van der Waals surface area contributed by atoms with Crippen LogP contribution in [0.4, 0.5) is 5.69 Å². The molecule has 0 unspecified atom stereocenters. The van der Waals surface area contributed by atoms with E-state index in [1.807, 2.05) is 17.6 Å². The van der Waals surface area contributed by atoms with E-state index >= 15 is 0 Å². The minimum Gasteiger partial charge on any atom is -0.316 e. The minimum atomic E-state index is -0.378. The van der Waals surface area contributed by atoms with Gasteiger partial charge >= 0.3 is 0 Å². The number of hydrogen-bond acceptors (Lipinski definition) is 4. The smallest absolute Gasteiger partial charge is 0.270 e. The molecular weight excluding hydrogens is 274 g/mol. The Kier molecular flexibility index (Phi) is 4.44. The van der Waals surface area contributed by atoms with E-state index in [4.69, 9.17) is 0 Å². The predicted octanol–water partition coefficient (Wildman–Crippen LogP) is 3.89. The second-order valence-corrected chi connectivity index (χ2v) is 5.72. The zero-order valence-electron chi connectivity index (χ0n) is 11.7. The maximum Gasteiger partial charge on any atom is 0.270 e. The second kappa shape index (κ2) is 6.09. The molecule has 0 saturated heterocycles. The standard InChI is InChI=1S/C14H16N3O2S/c1-4-16-9-15-13(10(2)3)14(16)20-12-7-5-6-11(8-12)17(18)19/h5-8,10H,4H2,1-3H3. The van der Waals surface area contributed by atoms with Crippen LogP contribution in [0.5, 0.6) is 0 Å². The van der Waals surface area contributed by atoms with Crippen molar-refractivity contribution in [3.8, 4) is 0 Å². The van der Waals surface area contributed by atoms with Crippen LogP contribution in [0.15, 0.2) is 34.2 Å². The number of nitro benzene ring substituents is 1. The first kappa shape index (κ1) is 14.6. The minimum absolute atomic E-state index is 0.104. The molecule has 0 saturated carbocycles. The first-order valence-electron chi connectivity index (χ1n) is 6.43. The average Bonchev–Trinajstić information content (AvgIpc) is 2.82. The highest BCUT2D eigenvalue weighted by Gasteiger charge is 2.16. The molecule has 5 nitrogen and oxygen atoms in total. The SMILES string of the molecule is CCn1[c]nc(C(C)C)c1Sc1cccc([N+](=O)[O-])c1. The third kappa shape index (κ3) is 3.01. The molecule has 0 amide bonds. The van der Waals surface area contributed by atoms with Crippen molar-refractivity contribution in [2.24, 2.45) is 0 Å². The van der Waals surface area contributed by atoms with Crippen LogP contribution in [0.2, 0.25) is 0 Å². The van der Waals surface area contributed by atoms with Crippen LogP contribution in [-0.2, 0) is 6.54 Å². The Labute approximate surface area is 122 Å². The van der Waals surface area contributed by atoms with E-state index in [2.05, 4.69) is 25.2 Å². The zero-order valence-corrected chi connectivity index (χ0v) is 12.5. The summed E-state index contributed by atoms with van der Waals surface area (Å²) in [6, 6.07) is 6.65. The molecular formula is C14H16N3O2S. The quantitative estimate of drug-likeness (QED) is 0.619. The van der Waals surface area contributed by atoms with Crippen molar-refractivity contribution < 1.29 is 4.92 Å². The van der Waals surface area contributed by atoms with E-state index in [0.29, 0.717) is 5.92 Å². The van der Waals surface area contributed by atoms with Crippen molar-refractivity contribution in [2.75, 3.05) is 0 Å². The van der Waals surface area contributed by atoms with Gasteiger partial charge in [0.1, 0.15) is 5.03 Å². The van der Waals surface area contributed by atoms with Gasteiger partial charge in [-0.1, -0.05) is 31.7 Å². The molecule has 0 N–H and O–H groups in total. The molecule has 0 aliphatic carbocycles. The number of non-ortho nitro benzene ring substituents is 1. The summed E-state index contributed by atoms with van der Waals surface area (Å²) in [5.41, 5.74) is 1.08. The van der Waals surface area contributed by atoms with Gasteiger partial charge in [0.2, 0.25) is 0 Å². The molecule has 1 aromatic carbocycles. The van der Waals surface area contributed by atoms with E-state index in [9.17, 15) is 10.1 Å². The molecule has 0 fully saturated rings. The summed E-state index contributed by atoms with van der Waals surface area (Å²) in [6.07, 6.45) is 2.97. The van der Waals surface area contributed by atoms with E-state index in [0.717, 1.165) is 22.2 Å². The summed E-state index contributed by atoms with van der Waals surface area (Å²) in [5.74, 6) is 0.292. The van der Waals surface area contributed by atoms with Gasteiger partial charge in [0.25, 0.3) is 5.69 Å². The molecule has 0 bridgehead atoms. The monoisotopic (exact) mass is 290 g/mol. The molecule has 0 aliphatic heterocycles. The number of benzene rings is 1. The topological polar surface area (TPSA) is 61.0 Å². The summed E-state index contributed by atoms with van der Waals surface area (Å²) in [6.45, 7) is 6.96. The number of imidazole rings is 1. The molecule has 2 aromatic rings. The molecule has 1 heterocycles. The number of aromatic nitrogens is 2. The van der Waals surface area contributed by atoms with Gasteiger partial charge in [0.05, 0.1) is 10.6 Å². The van der Waals surface area contributed by atoms with Crippen molar-refractivity contribution >= 4 is 17.4 Å². The Morgan fingerprint density at radius 3 is 2.85 bits per heavy atom. The number of hydrogen-bond donors (Lipinski definition) is 0. The van der Waals surface area contributed by atoms with Crippen molar-refractivity contribution in [3.63, 3.8) is 0 Å². The van der Waals surface area contributed by atoms with Crippen LogP contribution >= 0.6 is 11.8 Å². The Hall–Kier alpha value is -1.82. The molecule has 0 atom stereocenters. The summed E-state index contributed by atoms with van der Waals surface area (Å²) < 4.78 is 1.94. The fourth-order valence-electron chi connectivity index (χ4n) is 1.82. The fourth-order valence-corrected chi connectivity index (χ4v) is 3.03.